The average molecular weight is 586 g/mol. The maximum Gasteiger partial charge on any atom is 0.264 e. The Labute approximate surface area is 241 Å². The first-order valence-corrected chi connectivity index (χ1v) is 14.8. The average Bonchev–Trinajstić information content (AvgIpc) is 2.93. The molecule has 0 bridgehead atoms. The molecule has 0 aromatic heterocycles. The molecule has 3 rings (SSSR count). The summed E-state index contributed by atoms with van der Waals surface area (Å²) in [6, 6.07) is 19.1. The van der Waals surface area contributed by atoms with Crippen molar-refractivity contribution in [3.63, 3.8) is 0 Å². The van der Waals surface area contributed by atoms with Crippen LogP contribution in [0, 0.1) is 12.8 Å². The van der Waals surface area contributed by atoms with E-state index in [1.54, 1.807) is 31.2 Å². The highest BCUT2D eigenvalue weighted by Crippen LogP contribution is 2.32. The Morgan fingerprint density at radius 3 is 2.27 bits per heavy atom. The van der Waals surface area contributed by atoms with Crippen LogP contribution in [0.3, 0.4) is 0 Å². The Balaban J connectivity index is 2.04. The van der Waals surface area contributed by atoms with Crippen LogP contribution in [0.25, 0.3) is 0 Å². The minimum Gasteiger partial charge on any atom is -0.495 e. The number of anilines is 1. The number of aryl methyl sites for hydroxylation is 1. The maximum atomic E-state index is 14.0. The molecule has 0 saturated heterocycles. The molecular formula is C30H36ClN3O5S. The van der Waals surface area contributed by atoms with Crippen molar-refractivity contribution < 1.29 is 22.7 Å². The first-order chi connectivity index (χ1) is 18.9. The van der Waals surface area contributed by atoms with Gasteiger partial charge in [-0.05, 0) is 55.7 Å². The van der Waals surface area contributed by atoms with E-state index in [4.69, 9.17) is 16.3 Å². The highest BCUT2D eigenvalue weighted by atomic mass is 35.5. The van der Waals surface area contributed by atoms with E-state index in [2.05, 4.69) is 5.32 Å². The number of hydrogen-bond donors (Lipinski definition) is 1. The highest BCUT2D eigenvalue weighted by Gasteiger charge is 2.32. The monoisotopic (exact) mass is 585 g/mol. The molecule has 0 aliphatic carbocycles. The molecule has 40 heavy (non-hydrogen) atoms. The normalized spacial score (nSPS) is 12.1. The first-order valence-electron chi connectivity index (χ1n) is 13.0. The quantitative estimate of drug-likeness (QED) is 0.321. The molecule has 1 N–H and O–H groups in total. The summed E-state index contributed by atoms with van der Waals surface area (Å²) in [4.78, 5) is 28.5. The van der Waals surface area contributed by atoms with Gasteiger partial charge in [-0.3, -0.25) is 13.9 Å². The largest absolute Gasteiger partial charge is 0.495 e. The molecule has 0 saturated carbocycles. The number of ether oxygens (including phenoxy) is 1. The Morgan fingerprint density at radius 1 is 0.975 bits per heavy atom. The molecule has 0 fully saturated rings. The van der Waals surface area contributed by atoms with E-state index in [1.807, 2.05) is 45.0 Å². The number of rotatable bonds is 12. The number of hydrogen-bond acceptors (Lipinski definition) is 5. The van der Waals surface area contributed by atoms with E-state index in [-0.39, 0.29) is 34.0 Å². The Kier molecular flexibility index (Phi) is 10.6. The van der Waals surface area contributed by atoms with E-state index in [1.165, 1.54) is 36.3 Å². The van der Waals surface area contributed by atoms with Crippen LogP contribution in [0.1, 0.15) is 31.9 Å². The van der Waals surface area contributed by atoms with Gasteiger partial charge in [-0.25, -0.2) is 8.42 Å². The number of sulfonamides is 1. The van der Waals surface area contributed by atoms with E-state index in [0.717, 1.165) is 15.4 Å². The van der Waals surface area contributed by atoms with Crippen LogP contribution in [0.2, 0.25) is 5.02 Å². The fourth-order valence-corrected chi connectivity index (χ4v) is 5.78. The van der Waals surface area contributed by atoms with Gasteiger partial charge in [-0.2, -0.15) is 0 Å². The van der Waals surface area contributed by atoms with Crippen LogP contribution >= 0.6 is 11.6 Å². The van der Waals surface area contributed by atoms with Crippen molar-refractivity contribution in [1.29, 1.82) is 0 Å². The van der Waals surface area contributed by atoms with E-state index in [9.17, 15) is 18.0 Å². The number of carbonyl (C=O) groups is 2. The first kappa shape index (κ1) is 31.0. The Hall–Kier alpha value is -3.56. The predicted molar refractivity (Wildman–Crippen MR) is 158 cm³/mol. The highest BCUT2D eigenvalue weighted by molar-refractivity contribution is 7.92. The molecule has 2 amide bonds. The molecule has 0 heterocycles. The predicted octanol–water partition coefficient (Wildman–Crippen LogP) is 5.04. The van der Waals surface area contributed by atoms with Gasteiger partial charge >= 0.3 is 0 Å². The third-order valence-corrected chi connectivity index (χ3v) is 8.40. The molecular weight excluding hydrogens is 550 g/mol. The lowest BCUT2D eigenvalue weighted by molar-refractivity contribution is -0.139. The summed E-state index contributed by atoms with van der Waals surface area (Å²) in [5.41, 5.74) is 2.01. The van der Waals surface area contributed by atoms with Crippen LogP contribution in [-0.2, 0) is 26.2 Å². The number of carbonyl (C=O) groups excluding carboxylic acids is 2. The minimum absolute atomic E-state index is 0.0164. The molecule has 8 nitrogen and oxygen atoms in total. The summed E-state index contributed by atoms with van der Waals surface area (Å²) in [5.74, 6) is -0.270. The van der Waals surface area contributed by atoms with Gasteiger partial charge in [0, 0.05) is 13.1 Å². The third-order valence-electron chi connectivity index (χ3n) is 6.32. The standard InChI is InChI=1S/C30H36ClN3O5S/c1-21(2)18-32-30(36)23(4)33(19-24-11-9-10-22(3)16-24)29(35)20-34(25-14-15-28(39-5)27(31)17-25)40(37,38)26-12-7-6-8-13-26/h6-17,21,23H,18-20H2,1-5H3,(H,32,36)/t23-/m1/s1. The van der Waals surface area contributed by atoms with Crippen molar-refractivity contribution in [2.24, 2.45) is 5.92 Å². The van der Waals surface area contributed by atoms with E-state index >= 15 is 0 Å². The van der Waals surface area contributed by atoms with Gasteiger partial charge in [0.1, 0.15) is 18.3 Å². The van der Waals surface area contributed by atoms with Gasteiger partial charge < -0.3 is 15.0 Å². The molecule has 0 spiro atoms. The molecule has 214 valence electrons. The zero-order valence-electron chi connectivity index (χ0n) is 23.4. The lowest BCUT2D eigenvalue weighted by Crippen LogP contribution is -2.51. The number of methoxy groups -OCH3 is 1. The van der Waals surface area contributed by atoms with Crippen molar-refractivity contribution in [3.05, 3.63) is 88.9 Å². The smallest absolute Gasteiger partial charge is 0.264 e. The summed E-state index contributed by atoms with van der Waals surface area (Å²) < 4.78 is 33.9. The van der Waals surface area contributed by atoms with Crippen molar-refractivity contribution in [2.45, 2.75) is 45.2 Å². The summed E-state index contributed by atoms with van der Waals surface area (Å²) >= 11 is 6.35. The fraction of sp³-hybridized carbons (Fsp3) is 0.333. The van der Waals surface area contributed by atoms with Crippen molar-refractivity contribution >= 4 is 39.1 Å². The molecule has 0 unspecified atom stereocenters. The van der Waals surface area contributed by atoms with Gasteiger partial charge in [0.2, 0.25) is 11.8 Å². The molecule has 0 aliphatic heterocycles. The zero-order chi connectivity index (χ0) is 29.4. The Morgan fingerprint density at radius 2 is 1.68 bits per heavy atom. The second kappa shape index (κ2) is 13.7. The molecule has 0 aliphatic rings. The van der Waals surface area contributed by atoms with Crippen LogP contribution in [0.4, 0.5) is 5.69 Å². The van der Waals surface area contributed by atoms with E-state index < -0.39 is 28.5 Å². The number of benzene rings is 3. The number of nitrogens with zero attached hydrogens (tertiary/aromatic N) is 2. The summed E-state index contributed by atoms with van der Waals surface area (Å²) in [7, 11) is -2.72. The van der Waals surface area contributed by atoms with Crippen molar-refractivity contribution in [1.82, 2.24) is 10.2 Å². The third kappa shape index (κ3) is 7.76. The molecule has 0 radical (unpaired) electrons. The van der Waals surface area contributed by atoms with Crippen LogP contribution in [-0.4, -0.2) is 51.4 Å². The second-order valence-electron chi connectivity index (χ2n) is 9.97. The van der Waals surface area contributed by atoms with Gasteiger partial charge in [0.05, 0.1) is 22.7 Å². The van der Waals surface area contributed by atoms with Crippen LogP contribution in [0.5, 0.6) is 5.75 Å². The summed E-state index contributed by atoms with van der Waals surface area (Å²) in [5, 5.41) is 3.07. The summed E-state index contributed by atoms with van der Waals surface area (Å²) in [6.45, 7) is 7.57. The zero-order valence-corrected chi connectivity index (χ0v) is 25.0. The lowest BCUT2D eigenvalue weighted by Gasteiger charge is -2.32. The fourth-order valence-electron chi connectivity index (χ4n) is 4.10. The van der Waals surface area contributed by atoms with Gasteiger partial charge in [0.15, 0.2) is 0 Å². The van der Waals surface area contributed by atoms with Crippen molar-refractivity contribution in [3.8, 4) is 5.75 Å². The van der Waals surface area contributed by atoms with Gasteiger partial charge in [-0.1, -0.05) is 73.5 Å². The maximum absolute atomic E-state index is 14.0. The number of amides is 2. The second-order valence-corrected chi connectivity index (χ2v) is 12.2. The topological polar surface area (TPSA) is 96.0 Å². The van der Waals surface area contributed by atoms with Crippen LogP contribution < -0.4 is 14.4 Å². The van der Waals surface area contributed by atoms with Gasteiger partial charge in [-0.15, -0.1) is 0 Å². The SMILES string of the molecule is COc1ccc(N(CC(=O)N(Cc2cccc(C)c2)[C@H](C)C(=O)NCC(C)C)S(=O)(=O)c2ccccc2)cc1Cl. The molecule has 3 aromatic carbocycles. The van der Waals surface area contributed by atoms with Crippen molar-refractivity contribution in [2.75, 3.05) is 24.5 Å². The molecule has 1 atom stereocenters. The number of nitrogens with one attached hydrogen (secondary N) is 1. The minimum atomic E-state index is -4.18. The van der Waals surface area contributed by atoms with Crippen LogP contribution in [0.15, 0.2) is 77.7 Å². The van der Waals surface area contributed by atoms with E-state index in [0.29, 0.717) is 12.3 Å². The summed E-state index contributed by atoms with van der Waals surface area (Å²) in [6.07, 6.45) is 0. The molecule has 3 aromatic rings. The number of halogens is 1. The Bertz CT molecular complexity index is 1430. The van der Waals surface area contributed by atoms with Gasteiger partial charge in [0.25, 0.3) is 10.0 Å². The molecule has 10 heteroatoms. The lowest BCUT2D eigenvalue weighted by atomic mass is 10.1.